The van der Waals surface area contributed by atoms with Gasteiger partial charge in [-0.3, -0.25) is 9.79 Å². The van der Waals surface area contributed by atoms with Gasteiger partial charge in [0.05, 0.1) is 12.3 Å². The number of phenols is 2. The molecule has 0 bridgehead atoms. The number of nitrogens with zero attached hydrogens (tertiary/aromatic N) is 1. The van der Waals surface area contributed by atoms with Gasteiger partial charge in [-0.05, 0) is 18.2 Å². The number of hydrogen-bond donors (Lipinski definition) is 2. The maximum Gasteiger partial charge on any atom is 0.173 e. The molecule has 1 aromatic rings. The monoisotopic (exact) mass is 305 g/mol. The van der Waals surface area contributed by atoms with Gasteiger partial charge in [0.25, 0.3) is 0 Å². The Balaban J connectivity index is 0.00000162. The van der Waals surface area contributed by atoms with Crippen LogP contribution in [-0.4, -0.2) is 38.4 Å². The molecule has 0 fully saturated rings. The minimum absolute atomic E-state index is 0. The number of carbonyl (C=O) groups is 1. The van der Waals surface area contributed by atoms with Crippen LogP contribution in [-0.2, 0) is 0 Å². The van der Waals surface area contributed by atoms with Crippen molar-refractivity contribution in [2.45, 2.75) is 0 Å². The van der Waals surface area contributed by atoms with E-state index in [4.69, 9.17) is 5.11 Å². The van der Waals surface area contributed by atoms with Gasteiger partial charge in [0.1, 0.15) is 4.38 Å². The molecule has 1 aromatic carbocycles. The highest BCUT2D eigenvalue weighted by atomic mass is 35.5. The minimum atomic E-state index is -0.270. The first-order valence-electron chi connectivity index (χ1n) is 5.02. The van der Waals surface area contributed by atoms with Gasteiger partial charge < -0.3 is 10.2 Å². The van der Waals surface area contributed by atoms with Gasteiger partial charge in [-0.25, -0.2) is 0 Å². The standard InChI is InChI=1S/C11H11NO3S2.ClH/c13-8-2-1-7(5-9(8)14)10(15)6-17-11-12-3-4-16-11;/h1-2,5,13-14H,3-4,6H2;1H. The van der Waals surface area contributed by atoms with E-state index in [0.717, 1.165) is 16.7 Å². The first-order chi connectivity index (χ1) is 8.16. The molecule has 2 N–H and O–H groups in total. The van der Waals surface area contributed by atoms with Gasteiger partial charge in [0.15, 0.2) is 17.3 Å². The second kappa shape index (κ2) is 6.92. The molecule has 1 heterocycles. The van der Waals surface area contributed by atoms with Crippen LogP contribution in [0.2, 0.25) is 0 Å². The molecule has 0 saturated carbocycles. The topological polar surface area (TPSA) is 69.9 Å². The van der Waals surface area contributed by atoms with E-state index in [-0.39, 0.29) is 29.7 Å². The van der Waals surface area contributed by atoms with Crippen LogP contribution in [0.5, 0.6) is 11.5 Å². The Morgan fingerprint density at radius 1 is 1.39 bits per heavy atom. The van der Waals surface area contributed by atoms with Gasteiger partial charge in [0.2, 0.25) is 0 Å². The fraction of sp³-hybridized carbons (Fsp3) is 0.273. The smallest absolute Gasteiger partial charge is 0.173 e. The number of thioether (sulfide) groups is 2. The van der Waals surface area contributed by atoms with Crippen LogP contribution in [0, 0.1) is 0 Å². The summed E-state index contributed by atoms with van der Waals surface area (Å²) in [5.41, 5.74) is 0.399. The molecule has 0 amide bonds. The number of benzene rings is 1. The highest BCUT2D eigenvalue weighted by Gasteiger charge is 2.13. The molecule has 0 radical (unpaired) electrons. The number of aromatic hydroxyl groups is 2. The second-order valence-electron chi connectivity index (χ2n) is 3.41. The van der Waals surface area contributed by atoms with Crippen LogP contribution in [0.15, 0.2) is 23.2 Å². The molecule has 0 saturated heterocycles. The van der Waals surface area contributed by atoms with E-state index >= 15 is 0 Å². The summed E-state index contributed by atoms with van der Waals surface area (Å²) in [4.78, 5) is 16.0. The minimum Gasteiger partial charge on any atom is -0.504 e. The Morgan fingerprint density at radius 2 is 2.17 bits per heavy atom. The summed E-state index contributed by atoms with van der Waals surface area (Å²) in [7, 11) is 0. The van der Waals surface area contributed by atoms with Crippen molar-refractivity contribution in [1.82, 2.24) is 0 Å². The fourth-order valence-electron chi connectivity index (χ4n) is 1.31. The average molecular weight is 306 g/mol. The molecule has 1 aliphatic heterocycles. The summed E-state index contributed by atoms with van der Waals surface area (Å²) in [6.45, 7) is 0.821. The molecule has 7 heteroatoms. The molecule has 2 rings (SSSR count). The van der Waals surface area contributed by atoms with Crippen molar-refractivity contribution in [2.75, 3.05) is 18.1 Å². The van der Waals surface area contributed by atoms with E-state index in [1.54, 1.807) is 11.8 Å². The SMILES string of the molecule is Cl.O=C(CSC1=NCCS1)c1ccc(O)c(O)c1. The lowest BCUT2D eigenvalue weighted by Gasteiger charge is -2.02. The maximum absolute atomic E-state index is 11.8. The van der Waals surface area contributed by atoms with Gasteiger partial charge in [0, 0.05) is 11.3 Å². The lowest BCUT2D eigenvalue weighted by Crippen LogP contribution is -2.03. The third-order valence-electron chi connectivity index (χ3n) is 2.18. The number of aliphatic imine (C=N–C) groups is 1. The number of halogens is 1. The van der Waals surface area contributed by atoms with Crippen molar-refractivity contribution in [2.24, 2.45) is 4.99 Å². The van der Waals surface area contributed by atoms with Crippen molar-refractivity contribution in [1.29, 1.82) is 0 Å². The van der Waals surface area contributed by atoms with Crippen LogP contribution >= 0.6 is 35.9 Å². The molecular weight excluding hydrogens is 294 g/mol. The molecule has 98 valence electrons. The third-order valence-corrected chi connectivity index (χ3v) is 4.43. The molecule has 0 spiro atoms. The Bertz CT molecular complexity index is 479. The van der Waals surface area contributed by atoms with E-state index in [2.05, 4.69) is 4.99 Å². The molecule has 0 aliphatic carbocycles. The normalized spacial score (nSPS) is 13.9. The van der Waals surface area contributed by atoms with Crippen molar-refractivity contribution in [3.8, 4) is 11.5 Å². The number of hydrogen-bond acceptors (Lipinski definition) is 6. The molecular formula is C11H12ClNO3S2. The predicted octanol–water partition coefficient (Wildman–Crippen LogP) is 2.54. The van der Waals surface area contributed by atoms with E-state index < -0.39 is 0 Å². The van der Waals surface area contributed by atoms with E-state index in [9.17, 15) is 9.90 Å². The van der Waals surface area contributed by atoms with Crippen molar-refractivity contribution >= 4 is 46.1 Å². The quantitative estimate of drug-likeness (QED) is 0.663. The summed E-state index contributed by atoms with van der Waals surface area (Å²) in [6.07, 6.45) is 0. The maximum atomic E-state index is 11.8. The molecule has 0 aromatic heterocycles. The molecule has 4 nitrogen and oxygen atoms in total. The summed E-state index contributed by atoms with van der Waals surface area (Å²) in [5, 5.41) is 18.4. The first-order valence-corrected chi connectivity index (χ1v) is 6.99. The molecule has 1 aliphatic rings. The number of rotatable bonds is 3. The highest BCUT2D eigenvalue weighted by Crippen LogP contribution is 2.27. The molecule has 18 heavy (non-hydrogen) atoms. The Morgan fingerprint density at radius 3 is 2.78 bits per heavy atom. The molecule has 0 atom stereocenters. The summed E-state index contributed by atoms with van der Waals surface area (Å²) >= 11 is 3.07. The Kier molecular flexibility index (Phi) is 5.84. The number of Topliss-reactive ketones (excluding diaryl/α,β-unsaturated/α-hetero) is 1. The van der Waals surface area contributed by atoms with Gasteiger partial charge in [-0.15, -0.1) is 12.4 Å². The zero-order chi connectivity index (χ0) is 12.3. The summed E-state index contributed by atoms with van der Waals surface area (Å²) < 4.78 is 0.946. The number of carbonyl (C=O) groups excluding carboxylic acids is 1. The third kappa shape index (κ3) is 3.83. The Labute approximate surface area is 119 Å². The second-order valence-corrected chi connectivity index (χ2v) is 5.72. The number of ketones is 1. The predicted molar refractivity (Wildman–Crippen MR) is 78.6 cm³/mol. The fourth-order valence-corrected chi connectivity index (χ4v) is 3.21. The average Bonchev–Trinajstić information content (AvgIpc) is 2.82. The van der Waals surface area contributed by atoms with Gasteiger partial charge in [-0.1, -0.05) is 23.5 Å². The molecule has 0 unspecified atom stereocenters. The zero-order valence-electron chi connectivity index (χ0n) is 9.33. The van der Waals surface area contributed by atoms with Crippen LogP contribution in [0.3, 0.4) is 0 Å². The van der Waals surface area contributed by atoms with Crippen LogP contribution in [0.25, 0.3) is 0 Å². The number of phenolic OH excluding ortho intramolecular Hbond substituents is 2. The van der Waals surface area contributed by atoms with Crippen LogP contribution < -0.4 is 0 Å². The van der Waals surface area contributed by atoms with E-state index in [1.807, 2.05) is 0 Å². The van der Waals surface area contributed by atoms with E-state index in [1.165, 1.54) is 30.0 Å². The largest absolute Gasteiger partial charge is 0.504 e. The van der Waals surface area contributed by atoms with Crippen molar-refractivity contribution in [3.05, 3.63) is 23.8 Å². The lowest BCUT2D eigenvalue weighted by atomic mass is 10.1. The summed E-state index contributed by atoms with van der Waals surface area (Å²) in [5.74, 6) is 0.714. The van der Waals surface area contributed by atoms with Gasteiger partial charge in [-0.2, -0.15) is 0 Å². The van der Waals surface area contributed by atoms with Crippen LogP contribution in [0.1, 0.15) is 10.4 Å². The zero-order valence-corrected chi connectivity index (χ0v) is 11.8. The van der Waals surface area contributed by atoms with Crippen LogP contribution in [0.4, 0.5) is 0 Å². The Hall–Kier alpha value is -0.850. The van der Waals surface area contributed by atoms with Crippen molar-refractivity contribution < 1.29 is 15.0 Å². The lowest BCUT2D eigenvalue weighted by molar-refractivity contribution is 0.102. The van der Waals surface area contributed by atoms with Crippen molar-refractivity contribution in [3.63, 3.8) is 0 Å². The van der Waals surface area contributed by atoms with Gasteiger partial charge >= 0.3 is 0 Å². The summed E-state index contributed by atoms with van der Waals surface area (Å²) in [6, 6.07) is 4.10. The van der Waals surface area contributed by atoms with E-state index in [0.29, 0.717) is 11.3 Å². The first kappa shape index (κ1) is 15.2. The highest BCUT2D eigenvalue weighted by molar-refractivity contribution is 8.39.